The second-order valence-corrected chi connectivity index (χ2v) is 6.52. The quantitative estimate of drug-likeness (QED) is 0.653. The molecule has 0 spiro atoms. The molecular weight excluding hydrogens is 374 g/mol. The van der Waals surface area contributed by atoms with Gasteiger partial charge >= 0.3 is 0 Å². The highest BCUT2D eigenvalue weighted by Gasteiger charge is 2.11. The maximum atomic E-state index is 12.0. The number of amides is 1. The first kappa shape index (κ1) is 18.2. The van der Waals surface area contributed by atoms with Gasteiger partial charge in [-0.3, -0.25) is 10.1 Å². The highest BCUT2D eigenvalue weighted by Crippen LogP contribution is 2.28. The molecule has 0 radical (unpaired) electrons. The van der Waals surface area contributed by atoms with Crippen molar-refractivity contribution in [1.29, 1.82) is 0 Å². The van der Waals surface area contributed by atoms with E-state index in [2.05, 4.69) is 15.5 Å². The molecule has 3 aromatic rings. The van der Waals surface area contributed by atoms with Gasteiger partial charge in [-0.1, -0.05) is 35.1 Å². The molecule has 0 bridgehead atoms. The minimum atomic E-state index is -0.334. The molecule has 0 fully saturated rings. The lowest BCUT2D eigenvalue weighted by molar-refractivity contribution is -0.118. The van der Waals surface area contributed by atoms with Crippen LogP contribution in [-0.4, -0.2) is 29.3 Å². The lowest BCUT2D eigenvalue weighted by Gasteiger charge is -2.06. The molecule has 1 heterocycles. The number of para-hydroxylation sites is 1. The molecule has 3 rings (SSSR count). The van der Waals surface area contributed by atoms with Crippen LogP contribution < -0.4 is 14.8 Å². The maximum absolute atomic E-state index is 12.0. The molecule has 0 aliphatic heterocycles. The van der Waals surface area contributed by atoms with Crippen LogP contribution in [0.2, 0.25) is 5.02 Å². The zero-order valence-electron chi connectivity index (χ0n) is 13.9. The van der Waals surface area contributed by atoms with Crippen molar-refractivity contribution in [1.82, 2.24) is 10.2 Å². The fraction of sp³-hybridized carbons (Fsp3) is 0.167. The Labute approximate surface area is 159 Å². The summed E-state index contributed by atoms with van der Waals surface area (Å²) >= 11 is 7.27. The highest BCUT2D eigenvalue weighted by molar-refractivity contribution is 7.18. The number of hydrogen-bond donors (Lipinski definition) is 1. The summed E-state index contributed by atoms with van der Waals surface area (Å²) in [6, 6.07) is 14.5. The fourth-order valence-corrected chi connectivity index (χ4v) is 3.07. The van der Waals surface area contributed by atoms with Crippen LogP contribution in [-0.2, 0) is 4.79 Å². The number of aromatic nitrogens is 2. The van der Waals surface area contributed by atoms with E-state index >= 15 is 0 Å². The molecule has 0 aliphatic carbocycles. The van der Waals surface area contributed by atoms with Crippen LogP contribution >= 0.6 is 22.9 Å². The molecule has 0 atom stereocenters. The third-order valence-electron chi connectivity index (χ3n) is 3.28. The van der Waals surface area contributed by atoms with Gasteiger partial charge in [-0.25, -0.2) is 0 Å². The van der Waals surface area contributed by atoms with Crippen LogP contribution in [0.3, 0.4) is 0 Å². The van der Waals surface area contributed by atoms with Crippen LogP contribution in [0.25, 0.3) is 10.6 Å². The van der Waals surface area contributed by atoms with E-state index in [-0.39, 0.29) is 12.5 Å². The SMILES string of the molecule is CCOc1ccc(-c2nnc(NC(=O)COc3ccccc3Cl)s2)cc1. The molecule has 1 N–H and O–H groups in total. The molecule has 1 amide bonds. The lowest BCUT2D eigenvalue weighted by Crippen LogP contribution is -2.20. The largest absolute Gasteiger partial charge is 0.494 e. The Morgan fingerprint density at radius 2 is 1.88 bits per heavy atom. The van der Waals surface area contributed by atoms with Crippen molar-refractivity contribution in [3.8, 4) is 22.1 Å². The Morgan fingerprint density at radius 1 is 1.12 bits per heavy atom. The van der Waals surface area contributed by atoms with Crippen LogP contribution in [0, 0.1) is 0 Å². The average Bonchev–Trinajstić information content (AvgIpc) is 3.10. The number of hydrogen-bond acceptors (Lipinski definition) is 6. The van der Waals surface area contributed by atoms with E-state index in [1.54, 1.807) is 24.3 Å². The van der Waals surface area contributed by atoms with Gasteiger partial charge in [-0.05, 0) is 43.3 Å². The van der Waals surface area contributed by atoms with E-state index in [0.717, 1.165) is 11.3 Å². The summed E-state index contributed by atoms with van der Waals surface area (Å²) in [6.07, 6.45) is 0. The molecule has 0 saturated heterocycles. The standard InChI is InChI=1S/C18H16ClN3O3S/c1-2-24-13-9-7-12(8-10-13)17-21-22-18(26-17)20-16(23)11-25-15-6-4-3-5-14(15)19/h3-10H,2,11H2,1H3,(H,20,22,23). The van der Waals surface area contributed by atoms with E-state index in [0.29, 0.717) is 27.5 Å². The number of nitrogens with zero attached hydrogens (tertiary/aromatic N) is 2. The number of rotatable bonds is 7. The summed E-state index contributed by atoms with van der Waals surface area (Å²) < 4.78 is 10.8. The van der Waals surface area contributed by atoms with Crippen molar-refractivity contribution in [3.05, 3.63) is 53.6 Å². The van der Waals surface area contributed by atoms with Crippen molar-refractivity contribution in [2.24, 2.45) is 0 Å². The molecule has 134 valence electrons. The smallest absolute Gasteiger partial charge is 0.264 e. The Morgan fingerprint density at radius 3 is 2.62 bits per heavy atom. The summed E-state index contributed by atoms with van der Waals surface area (Å²) in [7, 11) is 0. The number of benzene rings is 2. The normalized spacial score (nSPS) is 10.4. The predicted octanol–water partition coefficient (Wildman–Crippen LogP) is 4.27. The molecule has 2 aromatic carbocycles. The molecule has 0 saturated carbocycles. The van der Waals surface area contributed by atoms with Crippen molar-refractivity contribution in [2.45, 2.75) is 6.92 Å². The minimum absolute atomic E-state index is 0.165. The first-order chi connectivity index (χ1) is 12.7. The van der Waals surface area contributed by atoms with Gasteiger partial charge in [0.2, 0.25) is 5.13 Å². The van der Waals surface area contributed by atoms with Crippen molar-refractivity contribution in [3.63, 3.8) is 0 Å². The molecule has 8 heteroatoms. The van der Waals surface area contributed by atoms with Gasteiger partial charge in [-0.2, -0.15) is 0 Å². The summed E-state index contributed by atoms with van der Waals surface area (Å²) in [5.41, 5.74) is 0.902. The summed E-state index contributed by atoms with van der Waals surface area (Å²) in [5.74, 6) is 0.919. The number of halogens is 1. The van der Waals surface area contributed by atoms with Crippen LogP contribution in [0.1, 0.15) is 6.92 Å². The zero-order valence-corrected chi connectivity index (χ0v) is 15.5. The Bertz CT molecular complexity index is 883. The average molecular weight is 390 g/mol. The van der Waals surface area contributed by atoms with Gasteiger partial charge in [0.05, 0.1) is 11.6 Å². The molecular formula is C18H16ClN3O3S. The monoisotopic (exact) mass is 389 g/mol. The van der Waals surface area contributed by atoms with Crippen LogP contribution in [0.5, 0.6) is 11.5 Å². The van der Waals surface area contributed by atoms with Crippen molar-refractivity contribution in [2.75, 3.05) is 18.5 Å². The number of ether oxygens (including phenoxy) is 2. The van der Waals surface area contributed by atoms with Gasteiger partial charge in [0.1, 0.15) is 16.5 Å². The lowest BCUT2D eigenvalue weighted by atomic mass is 10.2. The molecule has 0 aliphatic rings. The van der Waals surface area contributed by atoms with E-state index in [1.165, 1.54) is 11.3 Å². The molecule has 0 unspecified atom stereocenters. The number of carbonyl (C=O) groups excluding carboxylic acids is 1. The predicted molar refractivity (Wildman–Crippen MR) is 102 cm³/mol. The van der Waals surface area contributed by atoms with Gasteiger partial charge < -0.3 is 9.47 Å². The number of carbonyl (C=O) groups is 1. The third kappa shape index (κ3) is 4.71. The van der Waals surface area contributed by atoms with Gasteiger partial charge in [0, 0.05) is 5.56 Å². The number of anilines is 1. The van der Waals surface area contributed by atoms with E-state index < -0.39 is 0 Å². The summed E-state index contributed by atoms with van der Waals surface area (Å²) in [5, 5.41) is 12.3. The Hall–Kier alpha value is -2.64. The maximum Gasteiger partial charge on any atom is 0.264 e. The van der Waals surface area contributed by atoms with Gasteiger partial charge in [0.25, 0.3) is 5.91 Å². The summed E-state index contributed by atoms with van der Waals surface area (Å²) in [6.45, 7) is 2.38. The first-order valence-corrected chi connectivity index (χ1v) is 9.09. The Balaban J connectivity index is 1.57. The van der Waals surface area contributed by atoms with Gasteiger partial charge in [-0.15, -0.1) is 10.2 Å². The third-order valence-corrected chi connectivity index (χ3v) is 4.48. The van der Waals surface area contributed by atoms with Crippen molar-refractivity contribution < 1.29 is 14.3 Å². The minimum Gasteiger partial charge on any atom is -0.494 e. The van der Waals surface area contributed by atoms with E-state index in [4.69, 9.17) is 21.1 Å². The van der Waals surface area contributed by atoms with Crippen molar-refractivity contribution >= 4 is 34.0 Å². The second-order valence-electron chi connectivity index (χ2n) is 5.14. The fourth-order valence-electron chi connectivity index (χ4n) is 2.11. The number of nitrogens with one attached hydrogen (secondary N) is 1. The molecule has 6 nitrogen and oxygen atoms in total. The Kier molecular flexibility index (Phi) is 6.04. The topological polar surface area (TPSA) is 73.3 Å². The van der Waals surface area contributed by atoms with E-state index in [1.807, 2.05) is 31.2 Å². The van der Waals surface area contributed by atoms with Gasteiger partial charge in [0.15, 0.2) is 6.61 Å². The zero-order chi connectivity index (χ0) is 18.4. The van der Waals surface area contributed by atoms with Crippen LogP contribution in [0.4, 0.5) is 5.13 Å². The van der Waals surface area contributed by atoms with Crippen LogP contribution in [0.15, 0.2) is 48.5 Å². The summed E-state index contributed by atoms with van der Waals surface area (Å²) in [4.78, 5) is 12.0. The van der Waals surface area contributed by atoms with E-state index in [9.17, 15) is 4.79 Å². The second kappa shape index (κ2) is 8.64. The first-order valence-electron chi connectivity index (χ1n) is 7.89. The highest BCUT2D eigenvalue weighted by atomic mass is 35.5. The molecule has 26 heavy (non-hydrogen) atoms. The molecule has 1 aromatic heterocycles.